The van der Waals surface area contributed by atoms with Crippen molar-refractivity contribution in [2.75, 3.05) is 13.2 Å². The Labute approximate surface area is 77.7 Å². The van der Waals surface area contributed by atoms with Crippen LogP contribution in [0.25, 0.3) is 0 Å². The molecule has 3 heteroatoms. The molecular formula is C10H16FNO. The Kier molecular flexibility index (Phi) is 1.42. The maximum Gasteiger partial charge on any atom is 0.115 e. The molecule has 0 unspecified atom stereocenters. The van der Waals surface area contributed by atoms with Gasteiger partial charge >= 0.3 is 0 Å². The maximum atomic E-state index is 13.3. The fourth-order valence-corrected chi connectivity index (χ4v) is 3.41. The fourth-order valence-electron chi connectivity index (χ4n) is 3.41. The molecular weight excluding hydrogens is 169 g/mol. The molecule has 2 heterocycles. The molecule has 0 aromatic rings. The van der Waals surface area contributed by atoms with Crippen LogP contribution in [0, 0.1) is 0 Å². The van der Waals surface area contributed by atoms with Crippen LogP contribution >= 0.6 is 0 Å². The monoisotopic (exact) mass is 185 g/mol. The van der Waals surface area contributed by atoms with E-state index in [1.165, 1.54) is 19.3 Å². The molecule has 1 aliphatic carbocycles. The van der Waals surface area contributed by atoms with Gasteiger partial charge in [0, 0.05) is 24.0 Å². The molecule has 0 aromatic heterocycles. The first-order chi connectivity index (χ1) is 6.21. The highest BCUT2D eigenvalue weighted by molar-refractivity contribution is 5.19. The van der Waals surface area contributed by atoms with Crippen molar-refractivity contribution in [3.05, 3.63) is 0 Å². The van der Waals surface area contributed by atoms with Crippen LogP contribution in [0.3, 0.4) is 0 Å². The molecule has 13 heavy (non-hydrogen) atoms. The molecule has 3 aliphatic rings. The third-order valence-electron chi connectivity index (χ3n) is 4.30. The number of rotatable bonds is 1. The molecule has 3 rings (SSSR count). The van der Waals surface area contributed by atoms with E-state index in [1.807, 2.05) is 0 Å². The summed E-state index contributed by atoms with van der Waals surface area (Å²) in [5.74, 6) is 0. The average Bonchev–Trinajstić information content (AvgIpc) is 2.75. The maximum absolute atomic E-state index is 13.3. The first-order valence-corrected chi connectivity index (χ1v) is 5.24. The van der Waals surface area contributed by atoms with Gasteiger partial charge in [0.25, 0.3) is 0 Å². The van der Waals surface area contributed by atoms with Crippen LogP contribution < -0.4 is 0 Å². The van der Waals surface area contributed by atoms with Crippen LogP contribution in [0.15, 0.2) is 0 Å². The first-order valence-electron chi connectivity index (χ1n) is 5.24. The number of fused-ring (bicyclic) bond motifs is 2. The summed E-state index contributed by atoms with van der Waals surface area (Å²) in [6, 6.07) is 0. The molecule has 0 radical (unpaired) electrons. The normalized spacial score (nSPS) is 47.1. The summed E-state index contributed by atoms with van der Waals surface area (Å²) < 4.78 is 13.3. The second kappa shape index (κ2) is 2.26. The Morgan fingerprint density at radius 1 is 1.31 bits per heavy atom. The topological polar surface area (TPSA) is 23.5 Å². The molecule has 2 atom stereocenters. The van der Waals surface area contributed by atoms with Crippen LogP contribution in [-0.4, -0.2) is 40.4 Å². The van der Waals surface area contributed by atoms with Crippen molar-refractivity contribution < 1.29 is 9.50 Å². The number of hydrogen-bond acceptors (Lipinski definition) is 2. The Hall–Kier alpha value is -0.150. The predicted molar refractivity (Wildman–Crippen MR) is 47.2 cm³/mol. The van der Waals surface area contributed by atoms with Gasteiger partial charge in [-0.3, -0.25) is 4.90 Å². The Morgan fingerprint density at radius 2 is 2.00 bits per heavy atom. The molecule has 2 saturated heterocycles. The minimum atomic E-state index is -0.704. The van der Waals surface area contributed by atoms with Crippen molar-refractivity contribution in [3.8, 4) is 0 Å². The first kappa shape index (κ1) is 8.18. The van der Waals surface area contributed by atoms with Crippen molar-refractivity contribution in [2.24, 2.45) is 0 Å². The second-order valence-electron chi connectivity index (χ2n) is 5.02. The van der Waals surface area contributed by atoms with Crippen LogP contribution in [0.2, 0.25) is 0 Å². The lowest BCUT2D eigenvalue weighted by atomic mass is 9.95. The van der Waals surface area contributed by atoms with Gasteiger partial charge in [-0.15, -0.1) is 0 Å². The van der Waals surface area contributed by atoms with E-state index in [0.29, 0.717) is 18.5 Å². The molecule has 0 aromatic carbocycles. The quantitative estimate of drug-likeness (QED) is 0.661. The molecule has 1 spiro atoms. The molecule has 2 aliphatic heterocycles. The Morgan fingerprint density at radius 3 is 2.62 bits per heavy atom. The zero-order chi connectivity index (χ0) is 9.10. The van der Waals surface area contributed by atoms with E-state index in [9.17, 15) is 9.50 Å². The van der Waals surface area contributed by atoms with E-state index in [4.69, 9.17) is 0 Å². The van der Waals surface area contributed by atoms with E-state index in [1.54, 1.807) is 0 Å². The third-order valence-corrected chi connectivity index (χ3v) is 4.30. The summed E-state index contributed by atoms with van der Waals surface area (Å²) in [4.78, 5) is 2.28. The van der Waals surface area contributed by atoms with Gasteiger partial charge in [0.15, 0.2) is 0 Å². The predicted octanol–water partition coefficient (Wildman–Crippen LogP) is 1.09. The molecule has 2 nitrogen and oxygen atoms in total. The van der Waals surface area contributed by atoms with E-state index in [0.717, 1.165) is 6.42 Å². The van der Waals surface area contributed by atoms with Crippen LogP contribution in [-0.2, 0) is 0 Å². The van der Waals surface area contributed by atoms with Crippen molar-refractivity contribution in [1.82, 2.24) is 4.90 Å². The summed E-state index contributed by atoms with van der Waals surface area (Å²) >= 11 is 0. The Balaban J connectivity index is 1.93. The Bertz CT molecular complexity index is 241. The standard InChI is InChI=1S/C10H16FNO/c11-8-5-10(7-13)4-3-9(1-2-9)12(10)6-8/h8,13H,1-7H2/t8-,10-/m0/s1. The lowest BCUT2D eigenvalue weighted by Crippen LogP contribution is -2.46. The van der Waals surface area contributed by atoms with Crippen molar-refractivity contribution in [1.29, 1.82) is 0 Å². The van der Waals surface area contributed by atoms with Gasteiger partial charge in [-0.2, -0.15) is 0 Å². The van der Waals surface area contributed by atoms with Gasteiger partial charge in [0.2, 0.25) is 0 Å². The third kappa shape index (κ3) is 0.895. The number of nitrogens with zero attached hydrogens (tertiary/aromatic N) is 1. The highest BCUT2D eigenvalue weighted by atomic mass is 19.1. The molecule has 1 saturated carbocycles. The smallest absolute Gasteiger partial charge is 0.115 e. The fraction of sp³-hybridized carbons (Fsp3) is 1.00. The lowest BCUT2D eigenvalue weighted by Gasteiger charge is -2.33. The number of aliphatic hydroxyl groups is 1. The number of halogens is 1. The summed E-state index contributed by atoms with van der Waals surface area (Å²) in [5.41, 5.74) is 0.152. The van der Waals surface area contributed by atoms with E-state index in [2.05, 4.69) is 4.90 Å². The van der Waals surface area contributed by atoms with Gasteiger partial charge in [-0.05, 0) is 25.7 Å². The zero-order valence-corrected chi connectivity index (χ0v) is 7.80. The minimum Gasteiger partial charge on any atom is -0.394 e. The van der Waals surface area contributed by atoms with Crippen LogP contribution in [0.4, 0.5) is 4.39 Å². The summed E-state index contributed by atoms with van der Waals surface area (Å²) in [7, 11) is 0. The molecule has 3 fully saturated rings. The van der Waals surface area contributed by atoms with E-state index >= 15 is 0 Å². The summed E-state index contributed by atoms with van der Waals surface area (Å²) in [6.45, 7) is 0.718. The van der Waals surface area contributed by atoms with Crippen molar-refractivity contribution in [2.45, 2.75) is 49.4 Å². The SMILES string of the molecule is OC[C@@]12CCC3(CC3)N1C[C@@H](F)C2. The van der Waals surface area contributed by atoms with E-state index in [-0.39, 0.29) is 12.1 Å². The molecule has 1 N–H and O–H groups in total. The highest BCUT2D eigenvalue weighted by Crippen LogP contribution is 2.58. The van der Waals surface area contributed by atoms with Crippen molar-refractivity contribution in [3.63, 3.8) is 0 Å². The van der Waals surface area contributed by atoms with Gasteiger partial charge < -0.3 is 5.11 Å². The summed E-state index contributed by atoms with van der Waals surface area (Å²) in [5, 5.41) is 9.40. The van der Waals surface area contributed by atoms with Gasteiger partial charge in [-0.25, -0.2) is 4.39 Å². The van der Waals surface area contributed by atoms with Gasteiger partial charge in [0.1, 0.15) is 6.17 Å². The molecule has 0 bridgehead atoms. The number of aliphatic hydroxyl groups excluding tert-OH is 1. The van der Waals surface area contributed by atoms with Crippen LogP contribution in [0.5, 0.6) is 0 Å². The summed E-state index contributed by atoms with van der Waals surface area (Å²) in [6.07, 6.45) is 4.49. The zero-order valence-electron chi connectivity index (χ0n) is 7.80. The molecule has 74 valence electrons. The van der Waals surface area contributed by atoms with E-state index < -0.39 is 6.17 Å². The number of alkyl halides is 1. The molecule has 0 amide bonds. The second-order valence-corrected chi connectivity index (χ2v) is 5.02. The largest absolute Gasteiger partial charge is 0.394 e. The minimum absolute atomic E-state index is 0.148. The lowest BCUT2D eigenvalue weighted by molar-refractivity contribution is 0.0707. The van der Waals surface area contributed by atoms with Crippen molar-refractivity contribution >= 4 is 0 Å². The highest BCUT2D eigenvalue weighted by Gasteiger charge is 2.63. The van der Waals surface area contributed by atoms with Crippen LogP contribution in [0.1, 0.15) is 32.1 Å². The van der Waals surface area contributed by atoms with Gasteiger partial charge in [0.05, 0.1) is 6.61 Å². The average molecular weight is 185 g/mol. The number of hydrogen-bond donors (Lipinski definition) is 1. The van der Waals surface area contributed by atoms with Gasteiger partial charge in [-0.1, -0.05) is 0 Å².